The number of hydrogen-bond donors (Lipinski definition) is 2. The summed E-state index contributed by atoms with van der Waals surface area (Å²) in [5.41, 5.74) is 0. The highest BCUT2D eigenvalue weighted by Crippen LogP contribution is 2.20. The molecule has 0 saturated carbocycles. The summed E-state index contributed by atoms with van der Waals surface area (Å²) in [6, 6.07) is -0.103. The van der Waals surface area contributed by atoms with Crippen LogP contribution in [0.4, 0.5) is 0 Å². The molecular formula is C7H16N2O3S. The molecule has 3 N–H and O–H groups in total. The molecule has 1 aliphatic rings. The van der Waals surface area contributed by atoms with E-state index in [9.17, 15) is 8.42 Å². The third kappa shape index (κ3) is 2.91. The number of hydrogen-bond acceptors (Lipinski definition) is 3. The van der Waals surface area contributed by atoms with Gasteiger partial charge in [-0.1, -0.05) is 6.42 Å². The van der Waals surface area contributed by atoms with Gasteiger partial charge in [0.25, 0.3) is 10.2 Å². The van der Waals surface area contributed by atoms with Crippen LogP contribution < -0.4 is 5.14 Å². The van der Waals surface area contributed by atoms with Gasteiger partial charge in [0.05, 0.1) is 0 Å². The lowest BCUT2D eigenvalue weighted by atomic mass is 10.0. The number of piperidine rings is 1. The van der Waals surface area contributed by atoms with Crippen molar-refractivity contribution in [3.63, 3.8) is 0 Å². The SMILES string of the molecule is NS(=O)(=O)N1CCCCC1CCO. The van der Waals surface area contributed by atoms with Crippen LogP contribution >= 0.6 is 0 Å². The number of nitrogens with two attached hydrogens (primary N) is 1. The van der Waals surface area contributed by atoms with E-state index in [0.29, 0.717) is 13.0 Å². The van der Waals surface area contributed by atoms with Gasteiger partial charge in [0.15, 0.2) is 0 Å². The second kappa shape index (κ2) is 4.36. The summed E-state index contributed by atoms with van der Waals surface area (Å²) in [6.07, 6.45) is 3.16. The van der Waals surface area contributed by atoms with E-state index in [1.54, 1.807) is 0 Å². The van der Waals surface area contributed by atoms with Crippen molar-refractivity contribution in [2.24, 2.45) is 5.14 Å². The van der Waals surface area contributed by atoms with E-state index in [4.69, 9.17) is 10.2 Å². The molecule has 5 nitrogen and oxygen atoms in total. The first-order chi connectivity index (χ1) is 6.05. The molecule has 78 valence electrons. The number of aliphatic hydroxyl groups is 1. The Morgan fingerprint density at radius 1 is 1.46 bits per heavy atom. The predicted molar refractivity (Wildman–Crippen MR) is 49.2 cm³/mol. The van der Waals surface area contributed by atoms with Crippen molar-refractivity contribution < 1.29 is 13.5 Å². The smallest absolute Gasteiger partial charge is 0.277 e. The quantitative estimate of drug-likeness (QED) is 0.651. The summed E-state index contributed by atoms with van der Waals surface area (Å²) >= 11 is 0. The molecule has 0 aliphatic carbocycles. The fraction of sp³-hybridized carbons (Fsp3) is 1.00. The monoisotopic (exact) mass is 208 g/mol. The van der Waals surface area contributed by atoms with Crippen LogP contribution in [0.1, 0.15) is 25.7 Å². The highest BCUT2D eigenvalue weighted by atomic mass is 32.2. The zero-order valence-corrected chi connectivity index (χ0v) is 8.33. The average Bonchev–Trinajstić information content (AvgIpc) is 2.04. The van der Waals surface area contributed by atoms with Crippen molar-refractivity contribution in [3.05, 3.63) is 0 Å². The van der Waals surface area contributed by atoms with Crippen LogP contribution in [0.2, 0.25) is 0 Å². The minimum atomic E-state index is -3.58. The van der Waals surface area contributed by atoms with E-state index in [1.165, 1.54) is 4.31 Å². The van der Waals surface area contributed by atoms with Gasteiger partial charge in [-0.2, -0.15) is 12.7 Å². The first-order valence-electron chi connectivity index (χ1n) is 4.46. The molecule has 0 amide bonds. The van der Waals surface area contributed by atoms with Gasteiger partial charge in [0.2, 0.25) is 0 Å². The molecule has 1 heterocycles. The molecule has 0 bridgehead atoms. The molecule has 1 rings (SSSR count). The van der Waals surface area contributed by atoms with Crippen LogP contribution in [0.3, 0.4) is 0 Å². The molecule has 0 spiro atoms. The second-order valence-corrected chi connectivity index (χ2v) is 4.82. The maximum Gasteiger partial charge on any atom is 0.277 e. The maximum absolute atomic E-state index is 11.1. The Balaban J connectivity index is 2.67. The topological polar surface area (TPSA) is 83.6 Å². The van der Waals surface area contributed by atoms with E-state index >= 15 is 0 Å². The Bertz CT molecular complexity index is 250. The molecule has 0 aromatic rings. The normalized spacial score (nSPS) is 26.2. The second-order valence-electron chi connectivity index (χ2n) is 3.32. The van der Waals surface area contributed by atoms with E-state index in [0.717, 1.165) is 19.3 Å². The number of aliphatic hydroxyl groups excluding tert-OH is 1. The van der Waals surface area contributed by atoms with Crippen molar-refractivity contribution in [3.8, 4) is 0 Å². The van der Waals surface area contributed by atoms with Gasteiger partial charge in [-0.3, -0.25) is 0 Å². The molecule has 1 atom stereocenters. The minimum Gasteiger partial charge on any atom is -0.396 e. The Morgan fingerprint density at radius 2 is 2.15 bits per heavy atom. The van der Waals surface area contributed by atoms with E-state index in [1.807, 2.05) is 0 Å². The zero-order valence-electron chi connectivity index (χ0n) is 7.52. The van der Waals surface area contributed by atoms with Crippen molar-refractivity contribution in [1.29, 1.82) is 0 Å². The highest BCUT2D eigenvalue weighted by molar-refractivity contribution is 7.86. The summed E-state index contributed by atoms with van der Waals surface area (Å²) in [5, 5.41) is 13.8. The molecule has 1 aliphatic heterocycles. The summed E-state index contributed by atoms with van der Waals surface area (Å²) in [7, 11) is -3.58. The first kappa shape index (κ1) is 10.9. The van der Waals surface area contributed by atoms with Gasteiger partial charge in [-0.15, -0.1) is 0 Å². The lowest BCUT2D eigenvalue weighted by molar-refractivity contribution is 0.192. The fourth-order valence-electron chi connectivity index (χ4n) is 1.75. The standard InChI is InChI=1S/C7H16N2O3S/c8-13(11,12)9-5-2-1-3-7(9)4-6-10/h7,10H,1-6H2,(H2,8,11,12). The van der Waals surface area contributed by atoms with Crippen LogP contribution in [0.5, 0.6) is 0 Å². The maximum atomic E-state index is 11.1. The highest BCUT2D eigenvalue weighted by Gasteiger charge is 2.28. The van der Waals surface area contributed by atoms with Crippen molar-refractivity contribution in [2.45, 2.75) is 31.7 Å². The van der Waals surface area contributed by atoms with E-state index < -0.39 is 10.2 Å². The molecule has 1 unspecified atom stereocenters. The van der Waals surface area contributed by atoms with Crippen molar-refractivity contribution in [1.82, 2.24) is 4.31 Å². The first-order valence-corrected chi connectivity index (χ1v) is 5.96. The molecule has 0 aromatic carbocycles. The van der Waals surface area contributed by atoms with Crippen LogP contribution in [-0.4, -0.2) is 37.0 Å². The van der Waals surface area contributed by atoms with Crippen molar-refractivity contribution >= 4 is 10.2 Å². The van der Waals surface area contributed by atoms with E-state index in [2.05, 4.69) is 0 Å². The Morgan fingerprint density at radius 3 is 2.69 bits per heavy atom. The third-order valence-electron chi connectivity index (χ3n) is 2.36. The van der Waals surface area contributed by atoms with Crippen LogP contribution in [0.25, 0.3) is 0 Å². The van der Waals surface area contributed by atoms with Crippen LogP contribution in [0, 0.1) is 0 Å². The average molecular weight is 208 g/mol. The van der Waals surface area contributed by atoms with E-state index in [-0.39, 0.29) is 12.6 Å². The summed E-state index contributed by atoms with van der Waals surface area (Å²) in [5.74, 6) is 0. The molecule has 1 saturated heterocycles. The van der Waals surface area contributed by atoms with Gasteiger partial charge < -0.3 is 5.11 Å². The van der Waals surface area contributed by atoms with Gasteiger partial charge in [0, 0.05) is 19.2 Å². The minimum absolute atomic E-state index is 0.0106. The molecule has 0 aromatic heterocycles. The third-order valence-corrected chi connectivity index (χ3v) is 3.50. The summed E-state index contributed by atoms with van der Waals surface area (Å²) < 4.78 is 23.5. The zero-order chi connectivity index (χ0) is 9.90. The lowest BCUT2D eigenvalue weighted by Crippen LogP contribution is -2.47. The van der Waals surface area contributed by atoms with Gasteiger partial charge in [-0.05, 0) is 19.3 Å². The molecule has 13 heavy (non-hydrogen) atoms. The van der Waals surface area contributed by atoms with Gasteiger partial charge in [0.1, 0.15) is 0 Å². The van der Waals surface area contributed by atoms with Crippen molar-refractivity contribution in [2.75, 3.05) is 13.2 Å². The summed E-state index contributed by atoms with van der Waals surface area (Å²) in [4.78, 5) is 0. The van der Waals surface area contributed by atoms with Gasteiger partial charge in [-0.25, -0.2) is 5.14 Å². The molecule has 1 fully saturated rings. The lowest BCUT2D eigenvalue weighted by Gasteiger charge is -2.32. The summed E-state index contributed by atoms with van der Waals surface area (Å²) in [6.45, 7) is 0.500. The largest absolute Gasteiger partial charge is 0.396 e. The Labute approximate surface area is 78.7 Å². The van der Waals surface area contributed by atoms with Crippen LogP contribution in [0.15, 0.2) is 0 Å². The Kier molecular flexibility index (Phi) is 3.66. The molecule has 0 radical (unpaired) electrons. The van der Waals surface area contributed by atoms with Crippen LogP contribution in [-0.2, 0) is 10.2 Å². The molecule has 6 heteroatoms. The number of rotatable bonds is 3. The molecular weight excluding hydrogens is 192 g/mol. The predicted octanol–water partition coefficient (Wildman–Crippen LogP) is -0.573. The number of nitrogens with zero attached hydrogens (tertiary/aromatic N) is 1. The van der Waals surface area contributed by atoms with Gasteiger partial charge >= 0.3 is 0 Å². The Hall–Kier alpha value is -0.170. The fourth-order valence-corrected chi connectivity index (χ4v) is 2.76.